The number of imidazole rings is 3. The number of nitrogens with two attached hydrogens (primary N) is 3. The van der Waals surface area contributed by atoms with Crippen molar-refractivity contribution in [2.24, 2.45) is 21.1 Å². The Morgan fingerprint density at radius 3 is 1.97 bits per heavy atom. The number of aryl methyl sites for hydroxylation is 11. The molecule has 6 N–H and O–H groups in total. The molecule has 0 fully saturated rings. The molecule has 18 heteroatoms. The van der Waals surface area contributed by atoms with Crippen LogP contribution in [0.1, 0.15) is 46.4 Å². The number of methoxy groups -OCH3 is 1. The summed E-state index contributed by atoms with van der Waals surface area (Å²) in [6, 6.07) is 6.15. The third-order valence-corrected chi connectivity index (χ3v) is 9.59. The van der Waals surface area contributed by atoms with Crippen molar-refractivity contribution in [2.75, 3.05) is 24.3 Å². The number of benzene rings is 1. The first-order valence-corrected chi connectivity index (χ1v) is 18.8. The smallest absolute Gasteiger partial charge is 0.165 e. The van der Waals surface area contributed by atoms with E-state index in [1.165, 1.54) is 34.0 Å². The van der Waals surface area contributed by atoms with E-state index in [1.807, 2.05) is 91.7 Å². The molecule has 0 bridgehead atoms. The van der Waals surface area contributed by atoms with Gasteiger partial charge in [0.25, 0.3) is 0 Å². The van der Waals surface area contributed by atoms with E-state index < -0.39 is 0 Å². The quantitative estimate of drug-likeness (QED) is 0.189. The highest BCUT2D eigenvalue weighted by Crippen LogP contribution is 2.21. The van der Waals surface area contributed by atoms with Crippen LogP contribution in [0.4, 0.5) is 17.5 Å². The lowest BCUT2D eigenvalue weighted by Gasteiger charge is -2.03. The summed E-state index contributed by atoms with van der Waals surface area (Å²) in [5.74, 6) is 3.89. The van der Waals surface area contributed by atoms with Gasteiger partial charge in [-0.1, -0.05) is 17.7 Å². The van der Waals surface area contributed by atoms with Gasteiger partial charge in [0.05, 0.1) is 31.5 Å². The summed E-state index contributed by atoms with van der Waals surface area (Å²) in [5.41, 5.74) is 28.7. The molecule has 0 saturated carbocycles. The minimum Gasteiger partial charge on any atom is -0.496 e. The largest absolute Gasteiger partial charge is 0.496 e. The summed E-state index contributed by atoms with van der Waals surface area (Å²) in [4.78, 5) is 37.0. The van der Waals surface area contributed by atoms with Crippen LogP contribution in [0.5, 0.6) is 5.75 Å². The van der Waals surface area contributed by atoms with Crippen LogP contribution < -0.4 is 21.9 Å². The van der Waals surface area contributed by atoms with E-state index >= 15 is 0 Å². The molecule has 18 nitrogen and oxygen atoms in total. The average molecular weight is 800 g/mol. The predicted molar refractivity (Wildman–Crippen MR) is 234 cm³/mol. The fourth-order valence-corrected chi connectivity index (χ4v) is 6.15. The number of fused-ring (bicyclic) bond motifs is 4. The zero-order valence-electron chi connectivity index (χ0n) is 35.8. The molecule has 0 amide bonds. The van der Waals surface area contributed by atoms with Gasteiger partial charge in [0.1, 0.15) is 34.8 Å². The maximum Gasteiger partial charge on any atom is 0.165 e. The van der Waals surface area contributed by atoms with Gasteiger partial charge in [0.2, 0.25) is 0 Å². The first kappa shape index (κ1) is 42.9. The topological polar surface area (TPSA) is 236 Å². The highest BCUT2D eigenvalue weighted by molar-refractivity contribution is 5.87. The van der Waals surface area contributed by atoms with Crippen LogP contribution in [0.3, 0.4) is 0 Å². The zero-order chi connectivity index (χ0) is 43.1. The van der Waals surface area contributed by atoms with E-state index in [0.29, 0.717) is 34.3 Å². The van der Waals surface area contributed by atoms with Crippen molar-refractivity contribution in [3.63, 3.8) is 0 Å². The third kappa shape index (κ3) is 9.49. The van der Waals surface area contributed by atoms with Gasteiger partial charge in [-0.3, -0.25) is 0 Å². The first-order valence-electron chi connectivity index (χ1n) is 18.8. The number of ether oxygens (including phenoxy) is 1. The number of nitrogen functional groups attached to an aromatic ring is 3. The Hall–Kier alpha value is -7.24. The number of hydrogen-bond acceptors (Lipinski definition) is 14. The summed E-state index contributed by atoms with van der Waals surface area (Å²) in [6.45, 7) is 17.0. The molecule has 0 aliphatic carbocycles. The van der Waals surface area contributed by atoms with Crippen molar-refractivity contribution in [3.8, 4) is 5.75 Å². The molecular formula is C41H53N17O. The van der Waals surface area contributed by atoms with Crippen molar-refractivity contribution in [2.45, 2.75) is 61.9 Å². The van der Waals surface area contributed by atoms with Crippen molar-refractivity contribution in [1.82, 2.24) is 68.3 Å². The molecule has 1 aromatic carbocycles. The fourth-order valence-electron chi connectivity index (χ4n) is 6.15. The highest BCUT2D eigenvalue weighted by atomic mass is 16.5. The van der Waals surface area contributed by atoms with Crippen molar-refractivity contribution in [1.29, 1.82) is 0 Å². The zero-order valence-corrected chi connectivity index (χ0v) is 35.8. The number of anilines is 3. The lowest BCUT2D eigenvalue weighted by molar-refractivity contribution is 0.411. The number of nitrogens with zero attached hydrogens (tertiary/aromatic N) is 14. The Morgan fingerprint density at radius 1 is 0.627 bits per heavy atom. The molecule has 59 heavy (non-hydrogen) atoms. The monoisotopic (exact) mass is 799 g/mol. The van der Waals surface area contributed by atoms with Gasteiger partial charge >= 0.3 is 0 Å². The standard InChI is InChI=1S/C10H13N3.C9H12O.C8H10N4.2C7H9N5/c1-4-13-10-9(6-12-13)8(3)7(2)5-11-10;1-7-4-5-9(10-3)8(2)6-7;1-5-3-10-8(9)6-7(5)12(2)4-11-6;1-4-11-5-6(8)9-3-10-7(5)12(4)2;1-4-10-6(8)5-7(11-4)12(2)3-9-5/h5-6H,4H2,1-3H3;4-6H,1-3H3;3-4H,1-2H3,(H2,9,10);3H,1-2H3,(H2,8,9,10);3H,1-2H3,(H2,8,10,11). The number of rotatable bonds is 2. The van der Waals surface area contributed by atoms with E-state index in [-0.39, 0.29) is 0 Å². The molecule has 8 aromatic heterocycles. The molecule has 0 unspecified atom stereocenters. The van der Waals surface area contributed by atoms with Gasteiger partial charge in [-0.25, -0.2) is 49.5 Å². The number of aromatic nitrogens is 14. The van der Waals surface area contributed by atoms with Crippen LogP contribution in [-0.2, 0) is 27.7 Å². The number of pyridine rings is 2. The Morgan fingerprint density at radius 2 is 1.31 bits per heavy atom. The van der Waals surface area contributed by atoms with Crippen molar-refractivity contribution in [3.05, 3.63) is 95.2 Å². The third-order valence-electron chi connectivity index (χ3n) is 9.59. The van der Waals surface area contributed by atoms with Gasteiger partial charge < -0.3 is 35.6 Å². The fraction of sp³-hybridized carbons (Fsp3) is 0.317. The molecular weight excluding hydrogens is 747 g/mol. The maximum atomic E-state index is 5.65. The van der Waals surface area contributed by atoms with E-state index in [4.69, 9.17) is 21.9 Å². The van der Waals surface area contributed by atoms with Crippen LogP contribution in [0, 0.1) is 48.5 Å². The predicted octanol–water partition coefficient (Wildman–Crippen LogP) is 5.75. The molecule has 0 saturated heterocycles. The molecule has 9 aromatic rings. The van der Waals surface area contributed by atoms with E-state index in [1.54, 1.807) is 26.0 Å². The van der Waals surface area contributed by atoms with Gasteiger partial charge in [0, 0.05) is 45.5 Å². The summed E-state index contributed by atoms with van der Waals surface area (Å²) in [6.07, 6.45) is 10.4. The summed E-state index contributed by atoms with van der Waals surface area (Å²) < 4.78 is 12.7. The SMILES string of the molecule is CCn1ncc2c(C)c(C)cnc21.COc1ccc(C)cc1C.Cc1cnc(N)c2ncn(C)c12.Cc1nc(N)c2ncn(C)c2n1.Cc1nc2c(N)ncnc2n1C. The van der Waals surface area contributed by atoms with Crippen molar-refractivity contribution >= 4 is 61.8 Å². The second-order valence-corrected chi connectivity index (χ2v) is 13.9. The highest BCUT2D eigenvalue weighted by Gasteiger charge is 2.09. The minimum atomic E-state index is 0.434. The normalized spacial score (nSPS) is 10.6. The lowest BCUT2D eigenvalue weighted by atomic mass is 10.1. The van der Waals surface area contributed by atoms with Gasteiger partial charge in [-0.05, 0) is 83.7 Å². The molecule has 0 aliphatic rings. The molecule has 8 heterocycles. The van der Waals surface area contributed by atoms with E-state index in [0.717, 1.165) is 51.7 Å². The van der Waals surface area contributed by atoms with Crippen LogP contribution in [0.2, 0.25) is 0 Å². The Bertz CT molecular complexity index is 2860. The lowest BCUT2D eigenvalue weighted by Crippen LogP contribution is -1.98. The maximum absolute atomic E-state index is 5.65. The molecule has 0 spiro atoms. The Kier molecular flexibility index (Phi) is 13.3. The average Bonchev–Trinajstić information content (AvgIpc) is 3.98. The molecule has 0 atom stereocenters. The van der Waals surface area contributed by atoms with Crippen LogP contribution in [0.15, 0.2) is 55.8 Å². The summed E-state index contributed by atoms with van der Waals surface area (Å²) >= 11 is 0. The minimum absolute atomic E-state index is 0.434. The van der Waals surface area contributed by atoms with Crippen LogP contribution >= 0.6 is 0 Å². The first-order chi connectivity index (χ1) is 28.1. The van der Waals surface area contributed by atoms with Gasteiger partial charge in [0.15, 0.2) is 39.9 Å². The summed E-state index contributed by atoms with van der Waals surface area (Å²) in [7, 11) is 7.41. The summed E-state index contributed by atoms with van der Waals surface area (Å²) in [5, 5.41) is 5.44. The van der Waals surface area contributed by atoms with Gasteiger partial charge in [-0.2, -0.15) is 5.10 Å². The van der Waals surface area contributed by atoms with Gasteiger partial charge in [-0.15, -0.1) is 0 Å². The van der Waals surface area contributed by atoms with Crippen molar-refractivity contribution < 1.29 is 4.74 Å². The van der Waals surface area contributed by atoms with E-state index in [2.05, 4.69) is 83.7 Å². The second kappa shape index (κ2) is 18.4. The van der Waals surface area contributed by atoms with E-state index in [9.17, 15) is 0 Å². The molecule has 0 radical (unpaired) electrons. The second-order valence-electron chi connectivity index (χ2n) is 13.9. The van der Waals surface area contributed by atoms with Crippen LogP contribution in [-0.4, -0.2) is 75.4 Å². The Balaban J connectivity index is 0.000000141. The molecule has 0 aliphatic heterocycles. The molecule has 9 rings (SSSR count). The Labute approximate surface area is 342 Å². The molecule has 308 valence electrons. The number of hydrogen-bond donors (Lipinski definition) is 3. The van der Waals surface area contributed by atoms with Crippen LogP contribution in [0.25, 0.3) is 44.4 Å².